The Morgan fingerprint density at radius 3 is 1.54 bits per heavy atom. The van der Waals surface area contributed by atoms with Gasteiger partial charge in [0.1, 0.15) is 11.6 Å². The number of pyridine rings is 2. The van der Waals surface area contributed by atoms with Crippen molar-refractivity contribution >= 4 is 101 Å². The molecule has 0 spiro atoms. The van der Waals surface area contributed by atoms with E-state index in [1.807, 2.05) is 91.0 Å². The number of nitrogens with two attached hydrogens (primary N) is 3. The third-order valence-corrected chi connectivity index (χ3v) is 12.8. The highest BCUT2D eigenvalue weighted by molar-refractivity contribution is 9.10. The standard InChI is InChI=1S/C29H22BrClN4O.C23H17BrClNO3.C6H9N3/c30-21-6-3-5-20(17-21)29(36)34-22-13-11-19(12-14-22)26-15-16-27(24-8-1-2-9-25(24)31)35(26)18-23-7-4-10-28(32)33-23;24-17-5-3-4-16(14-17)23(29)26-18-10-8-15(9-11-18)21(27)12-13-22(28)19-6-1-2-7-20(19)25;7-4-5-2-1-3-6(8)9-5/h1-17H,18H2,(H2,32,33)(H,34,36);1-11,14H,12-13H2,(H,26,29);1-3H,4,7H2,(H2,8,9). The predicted octanol–water partition coefficient (Wildman–Crippen LogP) is 13.8. The Morgan fingerprint density at radius 1 is 0.500 bits per heavy atom. The number of aromatic nitrogens is 3. The number of halogens is 4. The van der Waals surface area contributed by atoms with E-state index >= 15 is 0 Å². The van der Waals surface area contributed by atoms with E-state index < -0.39 is 0 Å². The molecule has 0 aliphatic rings. The van der Waals surface area contributed by atoms with Crippen molar-refractivity contribution in [3.05, 3.63) is 247 Å². The fraction of sp³-hybridized carbons (Fsp3) is 0.0690. The number of benzene rings is 6. The summed E-state index contributed by atoms with van der Waals surface area (Å²) in [6.45, 7) is 0.973. The van der Waals surface area contributed by atoms with Gasteiger partial charge in [0.05, 0.1) is 28.6 Å². The highest BCUT2D eigenvalue weighted by Gasteiger charge is 2.17. The third-order valence-electron chi connectivity index (χ3n) is 11.1. The number of hydrogen-bond donors (Lipinski definition) is 5. The second-order valence-electron chi connectivity index (χ2n) is 16.4. The molecule has 0 bridgehead atoms. The van der Waals surface area contributed by atoms with E-state index in [1.54, 1.807) is 91.0 Å². The zero-order valence-electron chi connectivity index (χ0n) is 39.5. The fourth-order valence-electron chi connectivity index (χ4n) is 7.48. The van der Waals surface area contributed by atoms with Crippen LogP contribution in [-0.2, 0) is 13.1 Å². The maximum atomic E-state index is 12.6. The third kappa shape index (κ3) is 15.2. The minimum absolute atomic E-state index is 0.0872. The molecule has 9 rings (SSSR count). The van der Waals surface area contributed by atoms with Crippen LogP contribution in [0.3, 0.4) is 0 Å². The molecule has 8 N–H and O–H groups in total. The highest BCUT2D eigenvalue weighted by Crippen LogP contribution is 2.34. The lowest BCUT2D eigenvalue weighted by Crippen LogP contribution is -2.12. The van der Waals surface area contributed by atoms with Crippen molar-refractivity contribution in [3.8, 4) is 22.5 Å². The minimum Gasteiger partial charge on any atom is -0.384 e. The highest BCUT2D eigenvalue weighted by atomic mass is 79.9. The Bertz CT molecular complexity index is 3430. The maximum Gasteiger partial charge on any atom is 0.255 e. The van der Waals surface area contributed by atoms with Crippen LogP contribution in [-0.4, -0.2) is 37.9 Å². The topological polar surface area (TPSA) is 201 Å². The SMILES string of the molecule is NCc1cccc(N)n1.Nc1cccc(Cn2c(-c3ccc(NC(=O)c4cccc(Br)c4)cc3)ccc2-c2ccccc2Cl)n1.O=C(CCC(=O)c1ccccc1Cl)c1ccc(NC(=O)c2cccc(Br)c2)cc1. The molecular weight excluding hydrogens is 1100 g/mol. The van der Waals surface area contributed by atoms with Crippen molar-refractivity contribution in [2.24, 2.45) is 5.73 Å². The van der Waals surface area contributed by atoms with Crippen LogP contribution < -0.4 is 27.8 Å². The summed E-state index contributed by atoms with van der Waals surface area (Å²) < 4.78 is 3.85. The number of carbonyl (C=O) groups is 4. The zero-order valence-corrected chi connectivity index (χ0v) is 44.2. The molecule has 3 heterocycles. The Morgan fingerprint density at radius 2 is 1.00 bits per heavy atom. The summed E-state index contributed by atoms with van der Waals surface area (Å²) in [5.74, 6) is 0.290. The first-order valence-corrected chi connectivity index (χ1v) is 25.3. The molecule has 12 nitrogen and oxygen atoms in total. The Kier molecular flexibility index (Phi) is 19.2. The van der Waals surface area contributed by atoms with Gasteiger partial charge in [0.2, 0.25) is 0 Å². The number of rotatable bonds is 14. The normalized spacial score (nSPS) is 10.5. The maximum absolute atomic E-state index is 12.6. The summed E-state index contributed by atoms with van der Waals surface area (Å²) in [5, 5.41) is 6.81. The fourth-order valence-corrected chi connectivity index (χ4v) is 8.75. The lowest BCUT2D eigenvalue weighted by atomic mass is 10.0. The summed E-state index contributed by atoms with van der Waals surface area (Å²) in [6.07, 6.45) is 0.178. The van der Waals surface area contributed by atoms with Gasteiger partial charge in [-0.2, -0.15) is 0 Å². The van der Waals surface area contributed by atoms with Crippen LogP contribution >= 0.6 is 55.1 Å². The van der Waals surface area contributed by atoms with Crippen LogP contribution in [0.25, 0.3) is 22.5 Å². The molecule has 372 valence electrons. The summed E-state index contributed by atoms with van der Waals surface area (Å²) in [5.41, 5.74) is 25.5. The monoisotopic (exact) mass is 1150 g/mol. The first-order chi connectivity index (χ1) is 35.7. The van der Waals surface area contributed by atoms with Gasteiger partial charge in [-0.3, -0.25) is 19.2 Å². The predicted molar refractivity (Wildman–Crippen MR) is 305 cm³/mol. The van der Waals surface area contributed by atoms with Gasteiger partial charge in [0.15, 0.2) is 11.6 Å². The summed E-state index contributed by atoms with van der Waals surface area (Å²) in [7, 11) is 0. The van der Waals surface area contributed by atoms with Crippen molar-refractivity contribution < 1.29 is 19.2 Å². The van der Waals surface area contributed by atoms with Crippen molar-refractivity contribution in [2.75, 3.05) is 22.1 Å². The van der Waals surface area contributed by atoms with Gasteiger partial charge < -0.3 is 32.4 Å². The van der Waals surface area contributed by atoms with E-state index in [-0.39, 0.29) is 36.2 Å². The van der Waals surface area contributed by atoms with Crippen molar-refractivity contribution in [2.45, 2.75) is 25.9 Å². The van der Waals surface area contributed by atoms with Gasteiger partial charge in [-0.05, 0) is 133 Å². The molecule has 0 atom stereocenters. The summed E-state index contributed by atoms with van der Waals surface area (Å²) in [6, 6.07) is 58.5. The average molecular weight is 1150 g/mol. The van der Waals surface area contributed by atoms with Gasteiger partial charge in [0, 0.05) is 78.2 Å². The van der Waals surface area contributed by atoms with Crippen LogP contribution in [0.5, 0.6) is 0 Å². The molecule has 2 amide bonds. The van der Waals surface area contributed by atoms with E-state index in [9.17, 15) is 19.2 Å². The first-order valence-electron chi connectivity index (χ1n) is 23.0. The first kappa shape index (κ1) is 54.1. The second-order valence-corrected chi connectivity index (χ2v) is 19.0. The number of nitrogens with zero attached hydrogens (tertiary/aromatic N) is 3. The molecule has 9 aromatic rings. The zero-order chi connectivity index (χ0) is 52.6. The minimum atomic E-state index is -0.240. The summed E-state index contributed by atoms with van der Waals surface area (Å²) in [4.78, 5) is 58.0. The number of nitrogens with one attached hydrogen (secondary N) is 2. The van der Waals surface area contributed by atoms with Crippen molar-refractivity contribution in [3.63, 3.8) is 0 Å². The van der Waals surface area contributed by atoms with Crippen LogP contribution in [0.2, 0.25) is 10.0 Å². The quantitative estimate of drug-likeness (QED) is 0.0657. The number of amides is 2. The second kappa shape index (κ2) is 26.3. The lowest BCUT2D eigenvalue weighted by molar-refractivity contribution is 0.0917. The molecule has 3 aromatic heterocycles. The van der Waals surface area contributed by atoms with E-state index in [4.69, 9.17) is 40.4 Å². The Balaban J connectivity index is 0.000000188. The van der Waals surface area contributed by atoms with Crippen molar-refractivity contribution in [1.29, 1.82) is 0 Å². The Hall–Kier alpha value is -7.72. The van der Waals surface area contributed by atoms with E-state index in [0.29, 0.717) is 68.4 Å². The van der Waals surface area contributed by atoms with Gasteiger partial charge >= 0.3 is 0 Å². The molecule has 0 aliphatic carbocycles. The molecule has 0 radical (unpaired) electrons. The number of carbonyl (C=O) groups excluding carboxylic acids is 4. The molecule has 16 heteroatoms. The van der Waals surface area contributed by atoms with Crippen molar-refractivity contribution in [1.82, 2.24) is 14.5 Å². The molecule has 0 fully saturated rings. The molecular formula is C58H48Br2Cl2N8O4. The van der Waals surface area contributed by atoms with Crippen LogP contribution in [0.15, 0.2) is 203 Å². The van der Waals surface area contributed by atoms with Crippen LogP contribution in [0.1, 0.15) is 65.7 Å². The van der Waals surface area contributed by atoms with Gasteiger partial charge in [-0.15, -0.1) is 0 Å². The number of Topliss-reactive ketones (excluding diaryl/α,β-unsaturated/α-hetero) is 2. The van der Waals surface area contributed by atoms with E-state index in [0.717, 1.165) is 42.8 Å². The van der Waals surface area contributed by atoms with E-state index in [1.165, 1.54) is 0 Å². The van der Waals surface area contributed by atoms with Crippen LogP contribution in [0, 0.1) is 0 Å². The number of anilines is 4. The average Bonchev–Trinajstić information content (AvgIpc) is 3.81. The molecule has 0 saturated carbocycles. The van der Waals surface area contributed by atoms with Gasteiger partial charge in [0.25, 0.3) is 11.8 Å². The molecule has 74 heavy (non-hydrogen) atoms. The van der Waals surface area contributed by atoms with E-state index in [2.05, 4.69) is 69.2 Å². The summed E-state index contributed by atoms with van der Waals surface area (Å²) >= 11 is 19.3. The number of hydrogen-bond acceptors (Lipinski definition) is 9. The van der Waals surface area contributed by atoms with Gasteiger partial charge in [-0.25, -0.2) is 9.97 Å². The molecule has 0 unspecified atom stereocenters. The number of nitrogen functional groups attached to an aromatic ring is 2. The van der Waals surface area contributed by atoms with Crippen LogP contribution in [0.4, 0.5) is 23.0 Å². The smallest absolute Gasteiger partial charge is 0.255 e. The molecule has 0 aliphatic heterocycles. The lowest BCUT2D eigenvalue weighted by Gasteiger charge is -2.15. The number of ketones is 2. The largest absolute Gasteiger partial charge is 0.384 e. The molecule has 0 saturated heterocycles. The van der Waals surface area contributed by atoms with Gasteiger partial charge in [-0.1, -0.05) is 122 Å². The molecule has 6 aromatic carbocycles. The Labute approximate surface area is 455 Å².